The zero-order chi connectivity index (χ0) is 23.2. The van der Waals surface area contributed by atoms with Crippen molar-refractivity contribution in [1.29, 1.82) is 0 Å². The maximum atomic E-state index is 12.7. The number of rotatable bonds is 4. The molecule has 3 aliphatic heterocycles. The average molecular weight is 461 g/mol. The van der Waals surface area contributed by atoms with E-state index in [-0.39, 0.29) is 0 Å². The van der Waals surface area contributed by atoms with Gasteiger partial charge in [0.1, 0.15) is 35.4 Å². The SMILES string of the molecule is CCN(C(=O)OC(C)(C)C)C1=NC2C(OC(C=O)C3OC(C)(OC)C(C)(OC)OC23)S1. The summed E-state index contributed by atoms with van der Waals surface area (Å²) in [6.07, 6.45) is -2.11. The normalized spacial score (nSPS) is 39.9. The Hall–Kier alpha value is -1.24. The van der Waals surface area contributed by atoms with Crippen molar-refractivity contribution in [2.24, 2.45) is 4.99 Å². The number of aldehydes is 1. The standard InChI is InChI=1S/C20H32N2O8S/c1-9-22(17(24)30-18(2,3)4)16-21-12-14-13(11(10-23)27-15(12)31-16)28-19(5,25-7)20(6,26-8)29-14/h10-15H,9H2,1-8H3. The van der Waals surface area contributed by atoms with E-state index in [4.69, 9.17) is 33.4 Å². The van der Waals surface area contributed by atoms with Gasteiger partial charge in [-0.15, -0.1) is 0 Å². The summed E-state index contributed by atoms with van der Waals surface area (Å²) in [5.41, 5.74) is -1.17. The molecule has 31 heavy (non-hydrogen) atoms. The van der Waals surface area contributed by atoms with E-state index in [1.165, 1.54) is 30.9 Å². The Morgan fingerprint density at radius 3 is 2.26 bits per heavy atom. The molecule has 10 nitrogen and oxygen atoms in total. The molecule has 2 saturated heterocycles. The lowest BCUT2D eigenvalue weighted by molar-refractivity contribution is -0.460. The number of methoxy groups -OCH3 is 2. The number of thioether (sulfide) groups is 1. The van der Waals surface area contributed by atoms with Gasteiger partial charge in [0, 0.05) is 20.8 Å². The predicted octanol–water partition coefficient (Wildman–Crippen LogP) is 2.15. The van der Waals surface area contributed by atoms with Gasteiger partial charge in [-0.3, -0.25) is 9.89 Å². The van der Waals surface area contributed by atoms with Gasteiger partial charge in [-0.1, -0.05) is 11.8 Å². The molecule has 0 aliphatic carbocycles. The van der Waals surface area contributed by atoms with Gasteiger partial charge in [0.2, 0.25) is 11.6 Å². The highest BCUT2D eigenvalue weighted by Gasteiger charge is 2.63. The number of amides is 1. The summed E-state index contributed by atoms with van der Waals surface area (Å²) in [5.74, 6) is -2.53. The number of nitrogens with zero attached hydrogens (tertiary/aromatic N) is 2. The molecule has 0 aromatic heterocycles. The molecular formula is C20H32N2O8S. The van der Waals surface area contributed by atoms with Crippen LogP contribution in [0.5, 0.6) is 0 Å². The number of fused-ring (bicyclic) bond motifs is 3. The summed E-state index contributed by atoms with van der Waals surface area (Å²) in [6.45, 7) is 11.0. The van der Waals surface area contributed by atoms with Gasteiger partial charge in [-0.05, 0) is 41.5 Å². The molecule has 0 radical (unpaired) electrons. The minimum atomic E-state index is -1.27. The molecule has 0 bridgehead atoms. The van der Waals surface area contributed by atoms with Crippen LogP contribution in [0.4, 0.5) is 4.79 Å². The van der Waals surface area contributed by atoms with Gasteiger partial charge < -0.3 is 33.2 Å². The van der Waals surface area contributed by atoms with Crippen LogP contribution in [0.2, 0.25) is 0 Å². The van der Waals surface area contributed by atoms with Crippen molar-refractivity contribution >= 4 is 29.3 Å². The van der Waals surface area contributed by atoms with Crippen LogP contribution >= 0.6 is 11.8 Å². The van der Waals surface area contributed by atoms with Gasteiger partial charge in [0.05, 0.1) is 0 Å². The largest absolute Gasteiger partial charge is 0.443 e. The number of carbonyl (C=O) groups is 2. The quantitative estimate of drug-likeness (QED) is 0.584. The number of amidine groups is 1. The van der Waals surface area contributed by atoms with Crippen LogP contribution < -0.4 is 0 Å². The fourth-order valence-corrected chi connectivity index (χ4v) is 4.98. The summed E-state index contributed by atoms with van der Waals surface area (Å²) in [7, 11) is 2.97. The summed E-state index contributed by atoms with van der Waals surface area (Å²) in [4.78, 5) is 30.7. The Morgan fingerprint density at radius 2 is 1.77 bits per heavy atom. The van der Waals surface area contributed by atoms with Crippen molar-refractivity contribution in [2.75, 3.05) is 20.8 Å². The first kappa shape index (κ1) is 24.4. The molecule has 7 unspecified atom stereocenters. The number of hydrogen-bond acceptors (Lipinski definition) is 10. The first-order valence-electron chi connectivity index (χ1n) is 10.2. The molecule has 176 valence electrons. The first-order chi connectivity index (χ1) is 14.4. The maximum Gasteiger partial charge on any atom is 0.416 e. The third kappa shape index (κ3) is 4.36. The monoisotopic (exact) mass is 460 g/mol. The second kappa shape index (κ2) is 8.60. The molecular weight excluding hydrogens is 428 g/mol. The second-order valence-corrected chi connectivity index (χ2v) is 9.88. The van der Waals surface area contributed by atoms with E-state index in [1.807, 2.05) is 6.92 Å². The summed E-state index contributed by atoms with van der Waals surface area (Å²) in [6, 6.07) is -0.520. The molecule has 0 N–H and O–H groups in total. The zero-order valence-electron chi connectivity index (χ0n) is 19.2. The van der Waals surface area contributed by atoms with E-state index in [9.17, 15) is 9.59 Å². The van der Waals surface area contributed by atoms with Crippen LogP contribution in [0.1, 0.15) is 41.5 Å². The molecule has 3 rings (SSSR count). The Bertz CT molecular complexity index is 743. The van der Waals surface area contributed by atoms with E-state index in [2.05, 4.69) is 0 Å². The van der Waals surface area contributed by atoms with E-state index in [1.54, 1.807) is 34.6 Å². The van der Waals surface area contributed by atoms with Crippen LogP contribution in [0.3, 0.4) is 0 Å². The highest BCUT2D eigenvalue weighted by molar-refractivity contribution is 8.14. The van der Waals surface area contributed by atoms with Crippen LogP contribution in [-0.4, -0.2) is 90.2 Å². The van der Waals surface area contributed by atoms with Crippen LogP contribution in [0.25, 0.3) is 0 Å². The minimum Gasteiger partial charge on any atom is -0.443 e. The molecule has 11 heteroatoms. The third-order valence-corrected chi connectivity index (χ3v) is 6.82. The molecule has 7 atom stereocenters. The second-order valence-electron chi connectivity index (χ2n) is 8.81. The van der Waals surface area contributed by atoms with Crippen molar-refractivity contribution in [3.63, 3.8) is 0 Å². The fraction of sp³-hybridized carbons (Fsp3) is 0.850. The van der Waals surface area contributed by atoms with Gasteiger partial charge in [0.15, 0.2) is 11.5 Å². The highest BCUT2D eigenvalue weighted by atomic mass is 32.2. The maximum absolute atomic E-state index is 12.7. The van der Waals surface area contributed by atoms with Crippen LogP contribution in [-0.2, 0) is 33.2 Å². The molecule has 0 aromatic carbocycles. The summed E-state index contributed by atoms with van der Waals surface area (Å²) < 4.78 is 35.1. The topological polar surface area (TPSA) is 105 Å². The Balaban J connectivity index is 1.91. The smallest absolute Gasteiger partial charge is 0.416 e. The lowest BCUT2D eigenvalue weighted by Crippen LogP contribution is -2.71. The predicted molar refractivity (Wildman–Crippen MR) is 113 cm³/mol. The Morgan fingerprint density at radius 1 is 1.19 bits per heavy atom. The Labute approximate surface area is 186 Å². The van der Waals surface area contributed by atoms with Crippen molar-refractivity contribution < 1.29 is 38.0 Å². The van der Waals surface area contributed by atoms with Crippen molar-refractivity contribution in [1.82, 2.24) is 4.90 Å². The van der Waals surface area contributed by atoms with E-state index < -0.39 is 53.1 Å². The van der Waals surface area contributed by atoms with E-state index in [0.29, 0.717) is 18.0 Å². The number of carbonyl (C=O) groups excluding carboxylic acids is 2. The van der Waals surface area contributed by atoms with Gasteiger partial charge in [0.25, 0.3) is 0 Å². The lowest BCUT2D eigenvalue weighted by Gasteiger charge is -2.55. The molecule has 0 spiro atoms. The van der Waals surface area contributed by atoms with E-state index in [0.717, 1.165) is 0 Å². The van der Waals surface area contributed by atoms with Gasteiger partial charge in [-0.25, -0.2) is 4.79 Å². The lowest BCUT2D eigenvalue weighted by atomic mass is 9.94. The fourth-order valence-electron chi connectivity index (χ4n) is 3.72. The summed E-state index contributed by atoms with van der Waals surface area (Å²) >= 11 is 1.26. The van der Waals surface area contributed by atoms with Crippen molar-refractivity contribution in [2.45, 2.75) is 88.5 Å². The number of aliphatic imine (C=N–C) groups is 1. The third-order valence-electron chi connectivity index (χ3n) is 5.66. The van der Waals surface area contributed by atoms with E-state index >= 15 is 0 Å². The molecule has 1 amide bonds. The molecule has 0 aromatic rings. The summed E-state index contributed by atoms with van der Waals surface area (Å²) in [5, 5.41) is 0.444. The zero-order valence-corrected chi connectivity index (χ0v) is 20.1. The first-order valence-corrected chi connectivity index (χ1v) is 11.1. The highest BCUT2D eigenvalue weighted by Crippen LogP contribution is 2.47. The molecule has 3 aliphatic rings. The molecule has 3 heterocycles. The number of hydrogen-bond donors (Lipinski definition) is 0. The molecule has 2 fully saturated rings. The van der Waals surface area contributed by atoms with Gasteiger partial charge >= 0.3 is 6.09 Å². The van der Waals surface area contributed by atoms with Crippen LogP contribution in [0.15, 0.2) is 4.99 Å². The Kier molecular flexibility index (Phi) is 6.77. The van der Waals surface area contributed by atoms with Crippen molar-refractivity contribution in [3.05, 3.63) is 0 Å². The molecule has 0 saturated carbocycles. The average Bonchev–Trinajstić information content (AvgIpc) is 3.11. The number of ether oxygens (including phenoxy) is 6. The minimum absolute atomic E-state index is 0.361. The van der Waals surface area contributed by atoms with Crippen molar-refractivity contribution in [3.8, 4) is 0 Å². The van der Waals surface area contributed by atoms with Crippen LogP contribution in [0, 0.1) is 0 Å². The van der Waals surface area contributed by atoms with Gasteiger partial charge in [-0.2, -0.15) is 0 Å².